The fourth-order valence-electron chi connectivity index (χ4n) is 4.21. The molecule has 3 N–H and O–H groups in total. The van der Waals surface area contributed by atoms with Crippen molar-refractivity contribution in [1.82, 2.24) is 34.7 Å². The van der Waals surface area contributed by atoms with Gasteiger partial charge in [-0.3, -0.25) is 14.2 Å². The van der Waals surface area contributed by atoms with Crippen molar-refractivity contribution in [2.24, 2.45) is 0 Å². The first-order chi connectivity index (χ1) is 18.5. The van der Waals surface area contributed by atoms with Crippen LogP contribution < -0.4 is 16.4 Å². The van der Waals surface area contributed by atoms with Crippen LogP contribution in [-0.2, 0) is 12.7 Å². The molecule has 1 atom stereocenters. The van der Waals surface area contributed by atoms with Gasteiger partial charge in [0.05, 0.1) is 40.1 Å². The number of aromatic amines is 2. The highest BCUT2D eigenvalue weighted by molar-refractivity contribution is 5.84. The molecule has 0 amide bonds. The van der Waals surface area contributed by atoms with Crippen LogP contribution in [0.5, 0.6) is 0 Å². The number of alkyl halides is 3. The number of aryl methyl sites for hydroxylation is 1. The van der Waals surface area contributed by atoms with Crippen LogP contribution in [0.3, 0.4) is 0 Å². The fraction of sp³-hybridized carbons (Fsp3) is 0.250. The zero-order chi connectivity index (χ0) is 27.9. The molecule has 15 heteroatoms. The van der Waals surface area contributed by atoms with Crippen molar-refractivity contribution in [3.63, 3.8) is 0 Å². The van der Waals surface area contributed by atoms with Crippen LogP contribution in [-0.4, -0.2) is 40.7 Å². The van der Waals surface area contributed by atoms with Gasteiger partial charge >= 0.3 is 6.18 Å². The Bertz CT molecular complexity index is 1810. The van der Waals surface area contributed by atoms with Gasteiger partial charge in [-0.2, -0.15) is 18.3 Å². The van der Waals surface area contributed by atoms with Gasteiger partial charge in [0.2, 0.25) is 0 Å². The number of fused-ring (bicyclic) bond motifs is 2. The number of nitrogens with zero attached hydrogens (tertiary/aromatic N) is 5. The van der Waals surface area contributed by atoms with Crippen molar-refractivity contribution in [1.29, 1.82) is 0 Å². The molecule has 0 radical (unpaired) electrons. The van der Waals surface area contributed by atoms with Crippen molar-refractivity contribution in [3.8, 4) is 11.4 Å². The quantitative estimate of drug-likeness (QED) is 0.263. The topological polar surface area (TPSA) is 134 Å². The van der Waals surface area contributed by atoms with Gasteiger partial charge < -0.3 is 10.3 Å². The summed E-state index contributed by atoms with van der Waals surface area (Å²) in [5, 5.41) is 8.00. The largest absolute Gasteiger partial charge is 0.423 e. The van der Waals surface area contributed by atoms with Crippen molar-refractivity contribution in [3.05, 3.63) is 75.0 Å². The maximum Gasteiger partial charge on any atom is 0.423 e. The predicted octanol–water partition coefficient (Wildman–Crippen LogP) is 4.00. The van der Waals surface area contributed by atoms with Crippen molar-refractivity contribution in [2.45, 2.75) is 38.5 Å². The number of hydrogen-bond acceptors (Lipinski definition) is 7. The Kier molecular flexibility index (Phi) is 6.57. The number of nitrogens with one attached hydrogen (secondary N) is 3. The third-order valence-corrected chi connectivity index (χ3v) is 6.11. The molecule has 5 aromatic rings. The number of aromatic nitrogens is 7. The van der Waals surface area contributed by atoms with Crippen LogP contribution in [0.1, 0.15) is 25.3 Å². The molecule has 202 valence electrons. The molecule has 4 heterocycles. The Morgan fingerprint density at radius 1 is 1.08 bits per heavy atom. The second kappa shape index (κ2) is 9.89. The SMILES string of the molecule is CC(CCCn1cnc2cc(-c3ncc4c(F)c[nH]c4n3)c(F)cc2c1=O)Nc1cn[nH]c(=O)c1C(F)(F)F. The second-order valence-electron chi connectivity index (χ2n) is 8.86. The number of rotatable bonds is 7. The number of halogens is 5. The fourth-order valence-corrected chi connectivity index (χ4v) is 4.21. The average Bonchev–Trinajstić information content (AvgIpc) is 3.24. The lowest BCUT2D eigenvalue weighted by molar-refractivity contribution is -0.138. The van der Waals surface area contributed by atoms with E-state index >= 15 is 0 Å². The molecule has 1 aromatic carbocycles. The highest BCUT2D eigenvalue weighted by Gasteiger charge is 2.37. The van der Waals surface area contributed by atoms with E-state index in [-0.39, 0.29) is 39.9 Å². The smallest absolute Gasteiger partial charge is 0.381 e. The van der Waals surface area contributed by atoms with E-state index < -0.39 is 46.2 Å². The average molecular weight is 546 g/mol. The number of anilines is 1. The highest BCUT2D eigenvalue weighted by atomic mass is 19.4. The Morgan fingerprint density at radius 2 is 1.87 bits per heavy atom. The van der Waals surface area contributed by atoms with Crippen LogP contribution >= 0.6 is 0 Å². The zero-order valence-electron chi connectivity index (χ0n) is 20.1. The molecule has 0 aliphatic carbocycles. The molecule has 39 heavy (non-hydrogen) atoms. The van der Waals surface area contributed by atoms with E-state index in [4.69, 9.17) is 0 Å². The summed E-state index contributed by atoms with van der Waals surface area (Å²) in [5.41, 5.74) is -3.30. The summed E-state index contributed by atoms with van der Waals surface area (Å²) in [4.78, 5) is 39.6. The maximum absolute atomic E-state index is 15.0. The lowest BCUT2D eigenvalue weighted by Crippen LogP contribution is -2.27. The summed E-state index contributed by atoms with van der Waals surface area (Å²) in [6.45, 7) is 1.79. The number of benzene rings is 1. The van der Waals surface area contributed by atoms with Crippen molar-refractivity contribution in [2.75, 3.05) is 5.32 Å². The van der Waals surface area contributed by atoms with Crippen LogP contribution in [0.15, 0.2) is 46.6 Å². The van der Waals surface area contributed by atoms with Gasteiger partial charge in [0, 0.05) is 25.0 Å². The summed E-state index contributed by atoms with van der Waals surface area (Å²) < 4.78 is 69.6. The monoisotopic (exact) mass is 546 g/mol. The molecule has 10 nitrogen and oxygen atoms in total. The molecule has 0 aliphatic heterocycles. The first-order valence-corrected chi connectivity index (χ1v) is 11.6. The summed E-state index contributed by atoms with van der Waals surface area (Å²) in [5.74, 6) is -1.32. The van der Waals surface area contributed by atoms with E-state index in [2.05, 4.69) is 30.4 Å². The second-order valence-corrected chi connectivity index (χ2v) is 8.86. The molecular weight excluding hydrogens is 527 g/mol. The van der Waals surface area contributed by atoms with E-state index in [1.54, 1.807) is 12.0 Å². The predicted molar refractivity (Wildman–Crippen MR) is 131 cm³/mol. The lowest BCUT2D eigenvalue weighted by atomic mass is 10.1. The molecule has 4 aromatic heterocycles. The summed E-state index contributed by atoms with van der Waals surface area (Å²) >= 11 is 0. The Hall–Kier alpha value is -4.69. The zero-order valence-corrected chi connectivity index (χ0v) is 20.1. The molecule has 5 rings (SSSR count). The van der Waals surface area contributed by atoms with Crippen molar-refractivity contribution >= 4 is 27.6 Å². The summed E-state index contributed by atoms with van der Waals surface area (Å²) in [6, 6.07) is 1.86. The molecule has 0 saturated heterocycles. The molecule has 0 fully saturated rings. The first-order valence-electron chi connectivity index (χ1n) is 11.6. The minimum atomic E-state index is -4.86. The van der Waals surface area contributed by atoms with E-state index in [0.717, 1.165) is 18.5 Å². The Morgan fingerprint density at radius 3 is 2.64 bits per heavy atom. The summed E-state index contributed by atoms with van der Waals surface area (Å²) in [6.07, 6.45) is 0.348. The molecule has 0 bridgehead atoms. The standard InChI is InChI=1S/C24H19F5N8O2/c1-11(34-18-9-33-36-22(38)19(18)24(27,28)29)3-2-4-37-10-32-17-6-12(15(25)5-13(17)23(37)39)20-30-7-14-16(26)8-31-21(14)35-20/h5-11H,2-4H2,1H3,(H,30,31,35)(H2,34,36,38). The summed E-state index contributed by atoms with van der Waals surface area (Å²) in [7, 11) is 0. The minimum Gasteiger partial charge on any atom is -0.381 e. The van der Waals surface area contributed by atoms with Crippen molar-refractivity contribution < 1.29 is 22.0 Å². The number of hydrogen-bond donors (Lipinski definition) is 3. The van der Waals surface area contributed by atoms with Gasteiger partial charge in [-0.05, 0) is 31.9 Å². The van der Waals surface area contributed by atoms with Gasteiger partial charge in [0.25, 0.3) is 11.1 Å². The van der Waals surface area contributed by atoms with Gasteiger partial charge in [-0.25, -0.2) is 28.8 Å². The normalized spacial score (nSPS) is 12.8. The lowest BCUT2D eigenvalue weighted by Gasteiger charge is -2.18. The van der Waals surface area contributed by atoms with Gasteiger partial charge in [0.1, 0.15) is 17.0 Å². The van der Waals surface area contributed by atoms with E-state index in [9.17, 15) is 31.5 Å². The van der Waals surface area contributed by atoms with Gasteiger partial charge in [0.15, 0.2) is 11.6 Å². The van der Waals surface area contributed by atoms with E-state index in [0.29, 0.717) is 12.8 Å². The van der Waals surface area contributed by atoms with E-state index in [1.165, 1.54) is 23.2 Å². The third kappa shape index (κ3) is 5.06. The Labute approximate surface area is 215 Å². The third-order valence-electron chi connectivity index (χ3n) is 6.11. The Balaban J connectivity index is 1.31. The molecular formula is C24H19F5N8O2. The molecule has 1 unspecified atom stereocenters. The van der Waals surface area contributed by atoms with Crippen LogP contribution in [0, 0.1) is 11.6 Å². The first kappa shape index (κ1) is 25.9. The van der Waals surface area contributed by atoms with Crippen LogP contribution in [0.4, 0.5) is 27.6 Å². The van der Waals surface area contributed by atoms with Gasteiger partial charge in [-0.1, -0.05) is 0 Å². The molecule has 0 aliphatic rings. The van der Waals surface area contributed by atoms with Crippen LogP contribution in [0.2, 0.25) is 0 Å². The van der Waals surface area contributed by atoms with Crippen LogP contribution in [0.25, 0.3) is 33.3 Å². The molecule has 0 spiro atoms. The minimum absolute atomic E-state index is 0.0134. The number of H-pyrrole nitrogens is 2. The molecule has 0 saturated carbocycles. The highest BCUT2D eigenvalue weighted by Crippen LogP contribution is 2.32. The van der Waals surface area contributed by atoms with E-state index in [1.807, 2.05) is 0 Å². The maximum atomic E-state index is 15.0. The van der Waals surface area contributed by atoms with Gasteiger partial charge in [-0.15, -0.1) is 0 Å².